The first kappa shape index (κ1) is 18.6. The molecule has 0 aliphatic carbocycles. The lowest BCUT2D eigenvalue weighted by atomic mass is 10.1. The summed E-state index contributed by atoms with van der Waals surface area (Å²) in [7, 11) is 1.87. The second-order valence-corrected chi connectivity index (χ2v) is 6.92. The molecule has 2 aromatic rings. The average molecular weight is 360 g/mol. The fourth-order valence-corrected chi connectivity index (χ4v) is 3.60. The third-order valence-electron chi connectivity index (χ3n) is 4.99. The molecule has 1 amide bonds. The first-order valence-corrected chi connectivity index (χ1v) is 9.34. The molecule has 3 heterocycles. The molecule has 0 N–H and O–H groups in total. The van der Waals surface area contributed by atoms with Gasteiger partial charge in [0.15, 0.2) is 5.82 Å². The number of rotatable bonds is 6. The van der Waals surface area contributed by atoms with E-state index in [4.69, 9.17) is 4.52 Å². The second kappa shape index (κ2) is 8.44. The van der Waals surface area contributed by atoms with Gasteiger partial charge in [-0.2, -0.15) is 10.1 Å². The molecule has 1 saturated heterocycles. The molecular formula is C18H28N6O2. The number of carbonyl (C=O) groups is 1. The van der Waals surface area contributed by atoms with Gasteiger partial charge in [-0.1, -0.05) is 12.1 Å². The fourth-order valence-electron chi connectivity index (χ4n) is 3.60. The zero-order valence-corrected chi connectivity index (χ0v) is 15.9. The van der Waals surface area contributed by atoms with Crippen LogP contribution in [-0.4, -0.2) is 61.3 Å². The van der Waals surface area contributed by atoms with Crippen molar-refractivity contribution in [3.05, 3.63) is 29.7 Å². The second-order valence-electron chi connectivity index (χ2n) is 6.92. The summed E-state index contributed by atoms with van der Waals surface area (Å²) < 4.78 is 6.82. The summed E-state index contributed by atoms with van der Waals surface area (Å²) in [5.74, 6) is 1.50. The zero-order chi connectivity index (χ0) is 18.5. The van der Waals surface area contributed by atoms with Crippen LogP contribution in [0.3, 0.4) is 0 Å². The van der Waals surface area contributed by atoms with Gasteiger partial charge in [0.25, 0.3) is 0 Å². The highest BCUT2D eigenvalue weighted by Crippen LogP contribution is 2.19. The Labute approximate surface area is 154 Å². The van der Waals surface area contributed by atoms with E-state index in [1.807, 2.05) is 31.1 Å². The van der Waals surface area contributed by atoms with Crippen LogP contribution in [0.5, 0.6) is 0 Å². The molecule has 0 bridgehead atoms. The topological polar surface area (TPSA) is 80.3 Å². The lowest BCUT2D eigenvalue weighted by Gasteiger charge is -2.28. The van der Waals surface area contributed by atoms with Gasteiger partial charge in [-0.3, -0.25) is 14.4 Å². The number of nitrogens with zero attached hydrogens (tertiary/aromatic N) is 6. The van der Waals surface area contributed by atoms with Gasteiger partial charge >= 0.3 is 0 Å². The van der Waals surface area contributed by atoms with E-state index >= 15 is 0 Å². The molecule has 1 aliphatic rings. The van der Waals surface area contributed by atoms with Crippen molar-refractivity contribution in [3.8, 4) is 0 Å². The molecule has 1 atom stereocenters. The molecule has 2 aromatic heterocycles. The fraction of sp³-hybridized carbons (Fsp3) is 0.667. The molecule has 0 unspecified atom stereocenters. The number of hydrogen-bond donors (Lipinski definition) is 0. The molecule has 8 heteroatoms. The van der Waals surface area contributed by atoms with Crippen LogP contribution in [0.2, 0.25) is 0 Å². The molecule has 0 spiro atoms. The highest BCUT2D eigenvalue weighted by molar-refractivity contribution is 5.78. The summed E-state index contributed by atoms with van der Waals surface area (Å²) in [5.41, 5.74) is 0.834. The molecule has 1 aliphatic heterocycles. The highest BCUT2D eigenvalue weighted by atomic mass is 16.5. The lowest BCUT2D eigenvalue weighted by Crippen LogP contribution is -2.37. The Balaban J connectivity index is 1.55. The van der Waals surface area contributed by atoms with Crippen molar-refractivity contribution in [2.24, 2.45) is 7.05 Å². The SMILES string of the molecule is CCN(Cc1noc(C)n1)[C@@H]1CCCN(C(=O)Cc2ccn(C)n2)CC1. The normalized spacial score (nSPS) is 18.3. The Hall–Kier alpha value is -2.22. The van der Waals surface area contributed by atoms with Crippen molar-refractivity contribution in [2.45, 2.75) is 52.1 Å². The maximum atomic E-state index is 12.6. The van der Waals surface area contributed by atoms with E-state index in [-0.39, 0.29) is 5.91 Å². The number of aromatic nitrogens is 4. The molecule has 26 heavy (non-hydrogen) atoms. The number of hydrogen-bond acceptors (Lipinski definition) is 6. The van der Waals surface area contributed by atoms with E-state index in [0.29, 0.717) is 24.9 Å². The predicted molar refractivity (Wildman–Crippen MR) is 96.3 cm³/mol. The Bertz CT molecular complexity index is 725. The third-order valence-corrected chi connectivity index (χ3v) is 4.99. The van der Waals surface area contributed by atoms with Crippen LogP contribution in [0.1, 0.15) is 43.6 Å². The predicted octanol–water partition coefficient (Wildman–Crippen LogP) is 1.56. The van der Waals surface area contributed by atoms with Gasteiger partial charge in [0, 0.05) is 39.3 Å². The number of carbonyl (C=O) groups excluding carboxylic acids is 1. The summed E-state index contributed by atoms with van der Waals surface area (Å²) in [4.78, 5) is 21.3. The lowest BCUT2D eigenvalue weighted by molar-refractivity contribution is -0.130. The molecule has 0 radical (unpaired) electrons. The smallest absolute Gasteiger partial charge is 0.228 e. The molecular weight excluding hydrogens is 332 g/mol. The maximum absolute atomic E-state index is 12.6. The van der Waals surface area contributed by atoms with Crippen molar-refractivity contribution in [2.75, 3.05) is 19.6 Å². The number of likely N-dealkylation sites (tertiary alicyclic amines) is 1. The first-order chi connectivity index (χ1) is 12.5. The Morgan fingerprint density at radius 3 is 2.88 bits per heavy atom. The van der Waals surface area contributed by atoms with Crippen molar-refractivity contribution in [3.63, 3.8) is 0 Å². The van der Waals surface area contributed by atoms with Gasteiger partial charge in [0.1, 0.15) is 0 Å². The van der Waals surface area contributed by atoms with Crippen molar-refractivity contribution in [1.29, 1.82) is 0 Å². The third kappa shape index (κ3) is 4.69. The Morgan fingerprint density at radius 1 is 1.38 bits per heavy atom. The molecule has 0 aromatic carbocycles. The van der Waals surface area contributed by atoms with Gasteiger partial charge in [-0.25, -0.2) is 0 Å². The Kier molecular flexibility index (Phi) is 6.03. The van der Waals surface area contributed by atoms with Crippen LogP contribution < -0.4 is 0 Å². The average Bonchev–Trinajstić information content (AvgIpc) is 3.12. The summed E-state index contributed by atoms with van der Waals surface area (Å²) in [6.07, 6.45) is 5.32. The quantitative estimate of drug-likeness (QED) is 0.778. The maximum Gasteiger partial charge on any atom is 0.228 e. The zero-order valence-electron chi connectivity index (χ0n) is 15.9. The van der Waals surface area contributed by atoms with Gasteiger partial charge in [-0.05, 0) is 31.9 Å². The monoisotopic (exact) mass is 360 g/mol. The van der Waals surface area contributed by atoms with E-state index in [2.05, 4.69) is 27.1 Å². The van der Waals surface area contributed by atoms with E-state index in [1.165, 1.54) is 0 Å². The van der Waals surface area contributed by atoms with Gasteiger partial charge in [-0.15, -0.1) is 0 Å². The molecule has 1 fully saturated rings. The number of amides is 1. The van der Waals surface area contributed by atoms with Crippen LogP contribution in [-0.2, 0) is 24.8 Å². The van der Waals surface area contributed by atoms with Crippen LogP contribution in [0.4, 0.5) is 0 Å². The standard InChI is InChI=1S/C18H28N6O2/c1-4-23(13-17-19-14(2)26-21-17)16-6-5-9-24(11-8-16)18(25)12-15-7-10-22(3)20-15/h7,10,16H,4-6,8-9,11-13H2,1-3H3/t16-/m1/s1. The first-order valence-electron chi connectivity index (χ1n) is 9.34. The summed E-state index contributed by atoms with van der Waals surface area (Å²) in [6, 6.07) is 2.34. The van der Waals surface area contributed by atoms with E-state index in [9.17, 15) is 4.79 Å². The molecule has 142 valence electrons. The minimum absolute atomic E-state index is 0.168. The van der Waals surface area contributed by atoms with Crippen LogP contribution in [0.25, 0.3) is 0 Å². The number of aryl methyl sites for hydroxylation is 2. The Morgan fingerprint density at radius 2 is 2.23 bits per heavy atom. The van der Waals surface area contributed by atoms with Crippen LogP contribution in [0.15, 0.2) is 16.8 Å². The van der Waals surface area contributed by atoms with E-state index in [1.54, 1.807) is 4.68 Å². The van der Waals surface area contributed by atoms with Crippen molar-refractivity contribution in [1.82, 2.24) is 29.7 Å². The summed E-state index contributed by atoms with van der Waals surface area (Å²) in [6.45, 7) is 7.20. The molecule has 0 saturated carbocycles. The van der Waals surface area contributed by atoms with Gasteiger partial charge in [0.05, 0.1) is 18.7 Å². The van der Waals surface area contributed by atoms with Crippen LogP contribution in [0, 0.1) is 6.92 Å². The molecule has 3 rings (SSSR count). The van der Waals surface area contributed by atoms with E-state index < -0.39 is 0 Å². The van der Waals surface area contributed by atoms with E-state index in [0.717, 1.165) is 50.4 Å². The molecule has 8 nitrogen and oxygen atoms in total. The van der Waals surface area contributed by atoms with Gasteiger partial charge in [0.2, 0.25) is 11.8 Å². The minimum atomic E-state index is 0.168. The van der Waals surface area contributed by atoms with Crippen molar-refractivity contribution < 1.29 is 9.32 Å². The largest absolute Gasteiger partial charge is 0.342 e. The van der Waals surface area contributed by atoms with Gasteiger partial charge < -0.3 is 9.42 Å². The minimum Gasteiger partial charge on any atom is -0.342 e. The summed E-state index contributed by atoms with van der Waals surface area (Å²) in [5, 5.41) is 8.32. The highest BCUT2D eigenvalue weighted by Gasteiger charge is 2.25. The van der Waals surface area contributed by atoms with Crippen LogP contribution >= 0.6 is 0 Å². The summed E-state index contributed by atoms with van der Waals surface area (Å²) >= 11 is 0. The van der Waals surface area contributed by atoms with Crippen molar-refractivity contribution >= 4 is 5.91 Å².